The second-order valence-corrected chi connectivity index (χ2v) is 5.95. The number of carbonyl (C=O) groups excluding carboxylic acids is 1. The molecule has 1 N–H and O–H groups in total. The topological polar surface area (TPSA) is 42.0 Å². The Morgan fingerprint density at radius 2 is 1.89 bits per heavy atom. The number of aryl methyl sites for hydroxylation is 4. The molecule has 0 aliphatic rings. The van der Waals surface area contributed by atoms with Crippen molar-refractivity contribution in [2.24, 2.45) is 0 Å². The summed E-state index contributed by atoms with van der Waals surface area (Å²) in [4.78, 5) is 17.5. The maximum atomic E-state index is 11.8. The SMILES string of the molecule is Cc1ccc(NC(=O)CCc2nc(C)c(C)s2)cc1. The number of rotatable bonds is 4. The molecule has 19 heavy (non-hydrogen) atoms. The van der Waals surface area contributed by atoms with E-state index in [-0.39, 0.29) is 5.91 Å². The van der Waals surface area contributed by atoms with E-state index >= 15 is 0 Å². The molecule has 1 amide bonds. The van der Waals surface area contributed by atoms with E-state index in [1.54, 1.807) is 11.3 Å². The van der Waals surface area contributed by atoms with Crippen molar-refractivity contribution < 1.29 is 4.79 Å². The van der Waals surface area contributed by atoms with Gasteiger partial charge in [-0.25, -0.2) is 4.98 Å². The summed E-state index contributed by atoms with van der Waals surface area (Å²) < 4.78 is 0. The monoisotopic (exact) mass is 274 g/mol. The van der Waals surface area contributed by atoms with Crippen molar-refractivity contribution in [3.63, 3.8) is 0 Å². The van der Waals surface area contributed by atoms with Crippen molar-refractivity contribution in [3.8, 4) is 0 Å². The van der Waals surface area contributed by atoms with E-state index < -0.39 is 0 Å². The molecule has 2 rings (SSSR count). The molecule has 0 aliphatic heterocycles. The number of nitrogens with one attached hydrogen (secondary N) is 1. The van der Waals surface area contributed by atoms with Crippen LogP contribution in [0.2, 0.25) is 0 Å². The minimum atomic E-state index is 0.0364. The number of anilines is 1. The van der Waals surface area contributed by atoms with Gasteiger partial charge in [-0.05, 0) is 32.9 Å². The van der Waals surface area contributed by atoms with Crippen molar-refractivity contribution in [2.45, 2.75) is 33.6 Å². The van der Waals surface area contributed by atoms with E-state index in [2.05, 4.69) is 17.2 Å². The largest absolute Gasteiger partial charge is 0.326 e. The van der Waals surface area contributed by atoms with Gasteiger partial charge in [-0.3, -0.25) is 4.79 Å². The molecule has 3 nitrogen and oxygen atoms in total. The maximum absolute atomic E-state index is 11.8. The normalized spacial score (nSPS) is 10.5. The predicted octanol–water partition coefficient (Wildman–Crippen LogP) is 3.64. The lowest BCUT2D eigenvalue weighted by Gasteiger charge is -2.04. The molecule has 0 spiro atoms. The van der Waals surface area contributed by atoms with Gasteiger partial charge in [-0.15, -0.1) is 11.3 Å². The first-order chi connectivity index (χ1) is 9.04. The first-order valence-corrected chi connectivity index (χ1v) is 7.15. The Morgan fingerprint density at radius 1 is 1.21 bits per heavy atom. The molecule has 0 radical (unpaired) electrons. The van der Waals surface area contributed by atoms with Gasteiger partial charge in [0, 0.05) is 23.4 Å². The lowest BCUT2D eigenvalue weighted by molar-refractivity contribution is -0.116. The van der Waals surface area contributed by atoms with Gasteiger partial charge in [0.05, 0.1) is 10.7 Å². The number of thiazole rings is 1. The number of nitrogens with zero attached hydrogens (tertiary/aromatic N) is 1. The fourth-order valence-electron chi connectivity index (χ4n) is 1.73. The van der Waals surface area contributed by atoms with E-state index in [0.29, 0.717) is 12.8 Å². The van der Waals surface area contributed by atoms with E-state index in [0.717, 1.165) is 16.4 Å². The Bertz CT molecular complexity index is 553. The second kappa shape index (κ2) is 5.97. The van der Waals surface area contributed by atoms with Gasteiger partial charge < -0.3 is 5.32 Å². The fraction of sp³-hybridized carbons (Fsp3) is 0.333. The van der Waals surface area contributed by atoms with Crippen LogP contribution in [0.3, 0.4) is 0 Å². The van der Waals surface area contributed by atoms with Crippen LogP contribution in [0.25, 0.3) is 0 Å². The molecule has 100 valence electrons. The van der Waals surface area contributed by atoms with Crippen molar-refractivity contribution >= 4 is 22.9 Å². The summed E-state index contributed by atoms with van der Waals surface area (Å²) in [5.74, 6) is 0.0364. The average molecular weight is 274 g/mol. The van der Waals surface area contributed by atoms with Crippen molar-refractivity contribution in [1.29, 1.82) is 0 Å². The van der Waals surface area contributed by atoms with Crippen LogP contribution in [-0.4, -0.2) is 10.9 Å². The molecule has 2 aromatic rings. The van der Waals surface area contributed by atoms with Crippen molar-refractivity contribution in [1.82, 2.24) is 4.98 Å². The van der Waals surface area contributed by atoms with Gasteiger partial charge in [-0.1, -0.05) is 17.7 Å². The van der Waals surface area contributed by atoms with Crippen LogP contribution >= 0.6 is 11.3 Å². The standard InChI is InChI=1S/C15H18N2OS/c1-10-4-6-13(7-5-10)17-14(18)8-9-15-16-11(2)12(3)19-15/h4-7H,8-9H2,1-3H3,(H,17,18). The van der Waals surface area contributed by atoms with Crippen LogP contribution in [0.1, 0.15) is 27.6 Å². The maximum Gasteiger partial charge on any atom is 0.224 e. The zero-order valence-corrected chi connectivity index (χ0v) is 12.3. The highest BCUT2D eigenvalue weighted by Gasteiger charge is 2.07. The molecule has 0 fully saturated rings. The van der Waals surface area contributed by atoms with Gasteiger partial charge in [0.25, 0.3) is 0 Å². The summed E-state index contributed by atoms with van der Waals surface area (Å²) >= 11 is 1.67. The van der Waals surface area contributed by atoms with Crippen molar-refractivity contribution in [2.75, 3.05) is 5.32 Å². The van der Waals surface area contributed by atoms with Crippen LogP contribution < -0.4 is 5.32 Å². The number of benzene rings is 1. The third-order valence-corrected chi connectivity index (χ3v) is 4.11. The molecule has 1 heterocycles. The summed E-state index contributed by atoms with van der Waals surface area (Å²) in [5, 5.41) is 3.93. The average Bonchev–Trinajstić information content (AvgIpc) is 2.69. The molecule has 0 unspecified atom stereocenters. The summed E-state index contributed by atoms with van der Waals surface area (Å²) in [5.41, 5.74) is 3.10. The number of carbonyl (C=O) groups is 1. The smallest absolute Gasteiger partial charge is 0.224 e. The van der Waals surface area contributed by atoms with Crippen molar-refractivity contribution in [3.05, 3.63) is 45.4 Å². The summed E-state index contributed by atoms with van der Waals surface area (Å²) in [6.45, 7) is 6.09. The van der Waals surface area contributed by atoms with Gasteiger partial charge in [0.1, 0.15) is 0 Å². The molecule has 0 atom stereocenters. The van der Waals surface area contributed by atoms with E-state index in [4.69, 9.17) is 0 Å². The Balaban J connectivity index is 1.86. The first-order valence-electron chi connectivity index (χ1n) is 6.34. The zero-order chi connectivity index (χ0) is 13.8. The highest BCUT2D eigenvalue weighted by atomic mass is 32.1. The molecular formula is C15H18N2OS. The minimum Gasteiger partial charge on any atom is -0.326 e. The predicted molar refractivity (Wildman–Crippen MR) is 79.7 cm³/mol. The van der Waals surface area contributed by atoms with Gasteiger partial charge >= 0.3 is 0 Å². The molecule has 1 aromatic heterocycles. The third-order valence-electron chi connectivity index (χ3n) is 2.97. The van der Waals surface area contributed by atoms with Crippen LogP contribution in [0.15, 0.2) is 24.3 Å². The lowest BCUT2D eigenvalue weighted by atomic mass is 10.2. The Hall–Kier alpha value is -1.68. The Labute approximate surface area is 117 Å². The first kappa shape index (κ1) is 13.7. The molecule has 0 saturated heterocycles. The molecule has 0 saturated carbocycles. The van der Waals surface area contributed by atoms with Crippen LogP contribution in [0.5, 0.6) is 0 Å². The highest BCUT2D eigenvalue weighted by Crippen LogP contribution is 2.18. The highest BCUT2D eigenvalue weighted by molar-refractivity contribution is 7.11. The molecule has 0 bridgehead atoms. The minimum absolute atomic E-state index is 0.0364. The molecule has 1 aromatic carbocycles. The van der Waals surface area contributed by atoms with Gasteiger partial charge in [-0.2, -0.15) is 0 Å². The van der Waals surface area contributed by atoms with Gasteiger partial charge in [0.2, 0.25) is 5.91 Å². The molecule has 4 heteroatoms. The van der Waals surface area contributed by atoms with E-state index in [9.17, 15) is 4.79 Å². The van der Waals surface area contributed by atoms with Gasteiger partial charge in [0.15, 0.2) is 0 Å². The van der Waals surface area contributed by atoms with E-state index in [1.165, 1.54) is 10.4 Å². The quantitative estimate of drug-likeness (QED) is 0.925. The zero-order valence-electron chi connectivity index (χ0n) is 11.5. The summed E-state index contributed by atoms with van der Waals surface area (Å²) in [6.07, 6.45) is 1.18. The summed E-state index contributed by atoms with van der Waals surface area (Å²) in [7, 11) is 0. The van der Waals surface area contributed by atoms with E-state index in [1.807, 2.05) is 38.1 Å². The fourth-order valence-corrected chi connectivity index (χ4v) is 2.66. The van der Waals surface area contributed by atoms with Crippen LogP contribution in [0.4, 0.5) is 5.69 Å². The van der Waals surface area contributed by atoms with Crippen LogP contribution in [-0.2, 0) is 11.2 Å². The Morgan fingerprint density at radius 3 is 2.47 bits per heavy atom. The number of hydrogen-bond acceptors (Lipinski definition) is 3. The third kappa shape index (κ3) is 3.89. The lowest BCUT2D eigenvalue weighted by Crippen LogP contribution is -2.12. The number of aromatic nitrogens is 1. The molecule has 0 aliphatic carbocycles. The Kier molecular flexibility index (Phi) is 4.32. The number of hydrogen-bond donors (Lipinski definition) is 1. The van der Waals surface area contributed by atoms with Crippen LogP contribution in [0, 0.1) is 20.8 Å². The number of amides is 1. The summed E-state index contributed by atoms with van der Waals surface area (Å²) in [6, 6.07) is 7.82. The second-order valence-electron chi connectivity index (χ2n) is 4.66. The molecular weight excluding hydrogens is 256 g/mol.